The second-order valence-corrected chi connectivity index (χ2v) is 4.31. The minimum Gasteiger partial charge on any atom is -0.493 e. The first kappa shape index (κ1) is 9.53. The molecule has 0 aliphatic carbocycles. The van der Waals surface area contributed by atoms with Crippen LogP contribution in [-0.4, -0.2) is 28.5 Å². The molecule has 0 bridgehead atoms. The fraction of sp³-hybridized carbons (Fsp3) is 0.300. The van der Waals surface area contributed by atoms with E-state index in [9.17, 15) is 0 Å². The Morgan fingerprint density at radius 1 is 1.44 bits per heavy atom. The Bertz CT molecular complexity index is 500. The number of ether oxygens (including phenoxy) is 1. The van der Waals surface area contributed by atoms with Gasteiger partial charge in [0.25, 0.3) is 0 Å². The molecule has 0 atom stereocenters. The van der Waals surface area contributed by atoms with Gasteiger partial charge in [0.2, 0.25) is 5.13 Å². The molecule has 0 radical (unpaired) electrons. The number of rotatable bonds is 2. The van der Waals surface area contributed by atoms with Gasteiger partial charge in [0.15, 0.2) is 0 Å². The van der Waals surface area contributed by atoms with Crippen LogP contribution in [0.2, 0.25) is 0 Å². The maximum absolute atomic E-state index is 5.47. The van der Waals surface area contributed by atoms with Crippen molar-refractivity contribution < 1.29 is 4.74 Å². The van der Waals surface area contributed by atoms with Gasteiger partial charge in [0.05, 0.1) is 6.61 Å². The summed E-state index contributed by atoms with van der Waals surface area (Å²) >= 11 is 1.28. The zero-order valence-corrected chi connectivity index (χ0v) is 9.57. The lowest BCUT2D eigenvalue weighted by molar-refractivity contribution is 0.357. The number of benzene rings is 1. The monoisotopic (exact) mass is 234 g/mol. The molecule has 0 saturated heterocycles. The van der Waals surface area contributed by atoms with E-state index < -0.39 is 0 Å². The summed E-state index contributed by atoms with van der Waals surface area (Å²) in [5.41, 5.74) is 2.34. The number of anilines is 2. The molecule has 82 valence electrons. The highest BCUT2D eigenvalue weighted by Crippen LogP contribution is 2.31. The molecule has 2 heterocycles. The Balaban J connectivity index is 1.95. The quantitative estimate of drug-likeness (QED) is 0.790. The van der Waals surface area contributed by atoms with Crippen LogP contribution in [0, 0.1) is 0 Å². The van der Waals surface area contributed by atoms with Crippen molar-refractivity contribution in [3.8, 4) is 5.75 Å². The van der Waals surface area contributed by atoms with Gasteiger partial charge in [0, 0.05) is 30.7 Å². The van der Waals surface area contributed by atoms with Crippen molar-refractivity contribution in [1.82, 2.24) is 14.8 Å². The van der Waals surface area contributed by atoms with Gasteiger partial charge in [-0.1, -0.05) is 9.59 Å². The SMILES string of the molecule is CN(c1ccc2c(c1)CCO2)c1nnns1. The Kier molecular flexibility index (Phi) is 2.21. The third-order valence-electron chi connectivity index (χ3n) is 2.64. The van der Waals surface area contributed by atoms with Gasteiger partial charge in [-0.15, -0.1) is 0 Å². The molecule has 0 N–H and O–H groups in total. The minimum atomic E-state index is 0.781. The van der Waals surface area contributed by atoms with E-state index >= 15 is 0 Å². The van der Waals surface area contributed by atoms with E-state index in [4.69, 9.17) is 4.74 Å². The molecule has 0 unspecified atom stereocenters. The van der Waals surface area contributed by atoms with Crippen LogP contribution in [0.5, 0.6) is 5.75 Å². The minimum absolute atomic E-state index is 0.781. The van der Waals surface area contributed by atoms with Crippen LogP contribution < -0.4 is 9.64 Å². The number of fused-ring (bicyclic) bond motifs is 1. The van der Waals surface area contributed by atoms with E-state index in [0.29, 0.717) is 0 Å². The van der Waals surface area contributed by atoms with Crippen LogP contribution in [0.3, 0.4) is 0 Å². The van der Waals surface area contributed by atoms with Crippen molar-refractivity contribution in [2.75, 3.05) is 18.6 Å². The first-order chi connectivity index (χ1) is 7.84. The molecule has 1 aromatic heterocycles. The third-order valence-corrected chi connectivity index (χ3v) is 3.31. The molecule has 1 aliphatic heterocycles. The standard InChI is InChI=1S/C10H10N4OS/c1-14(10-11-12-13-16-10)8-2-3-9-7(6-8)4-5-15-9/h2-3,6H,4-5H2,1H3. The smallest absolute Gasteiger partial charge is 0.232 e. The third kappa shape index (κ3) is 1.51. The van der Waals surface area contributed by atoms with Crippen molar-refractivity contribution >= 4 is 22.4 Å². The number of hydrogen-bond donors (Lipinski definition) is 0. The van der Waals surface area contributed by atoms with E-state index in [1.54, 1.807) is 0 Å². The molecule has 5 nitrogen and oxygen atoms in total. The van der Waals surface area contributed by atoms with Crippen LogP contribution in [0.15, 0.2) is 18.2 Å². The number of nitrogens with zero attached hydrogens (tertiary/aromatic N) is 4. The van der Waals surface area contributed by atoms with Crippen molar-refractivity contribution in [2.45, 2.75) is 6.42 Å². The van der Waals surface area contributed by atoms with E-state index in [-0.39, 0.29) is 0 Å². The Labute approximate surface area is 96.8 Å². The van der Waals surface area contributed by atoms with E-state index in [1.807, 2.05) is 24.1 Å². The summed E-state index contributed by atoms with van der Waals surface area (Å²) in [6, 6.07) is 6.15. The zero-order valence-electron chi connectivity index (χ0n) is 8.75. The average molecular weight is 234 g/mol. The molecular weight excluding hydrogens is 224 g/mol. The van der Waals surface area contributed by atoms with Crippen LogP contribution in [-0.2, 0) is 6.42 Å². The van der Waals surface area contributed by atoms with Gasteiger partial charge >= 0.3 is 0 Å². The highest BCUT2D eigenvalue weighted by atomic mass is 32.1. The molecule has 3 rings (SSSR count). The maximum atomic E-state index is 5.47. The fourth-order valence-corrected chi connectivity index (χ4v) is 2.20. The average Bonchev–Trinajstić information content (AvgIpc) is 2.98. The van der Waals surface area contributed by atoms with Crippen molar-refractivity contribution in [1.29, 1.82) is 0 Å². The predicted octanol–water partition coefficient (Wildman–Crippen LogP) is 1.64. The summed E-state index contributed by atoms with van der Waals surface area (Å²) in [5.74, 6) is 0.993. The van der Waals surface area contributed by atoms with E-state index in [0.717, 1.165) is 29.6 Å². The van der Waals surface area contributed by atoms with Gasteiger partial charge < -0.3 is 9.64 Å². The first-order valence-corrected chi connectivity index (χ1v) is 5.76. The highest BCUT2D eigenvalue weighted by Gasteiger charge is 2.15. The van der Waals surface area contributed by atoms with Gasteiger partial charge in [-0.05, 0) is 29.0 Å². The Hall–Kier alpha value is -1.69. The summed E-state index contributed by atoms with van der Waals surface area (Å²) < 4.78 is 9.22. The normalized spacial score (nSPS) is 13.3. The van der Waals surface area contributed by atoms with Crippen molar-refractivity contribution in [3.63, 3.8) is 0 Å². The lowest BCUT2D eigenvalue weighted by Gasteiger charge is -2.15. The summed E-state index contributed by atoms with van der Waals surface area (Å²) in [4.78, 5) is 1.98. The second kappa shape index (κ2) is 3.71. The van der Waals surface area contributed by atoms with E-state index in [2.05, 4.69) is 20.9 Å². The highest BCUT2D eigenvalue weighted by molar-refractivity contribution is 7.09. The summed E-state index contributed by atoms with van der Waals surface area (Å²) in [6.07, 6.45) is 0.978. The van der Waals surface area contributed by atoms with E-state index in [1.165, 1.54) is 17.1 Å². The summed E-state index contributed by atoms with van der Waals surface area (Å²) in [7, 11) is 1.96. The number of hydrogen-bond acceptors (Lipinski definition) is 6. The first-order valence-electron chi connectivity index (χ1n) is 4.99. The topological polar surface area (TPSA) is 51.1 Å². The van der Waals surface area contributed by atoms with Gasteiger partial charge in [0.1, 0.15) is 5.75 Å². The van der Waals surface area contributed by atoms with Crippen LogP contribution in [0.25, 0.3) is 0 Å². The molecule has 16 heavy (non-hydrogen) atoms. The molecule has 1 aliphatic rings. The van der Waals surface area contributed by atoms with Crippen LogP contribution in [0.4, 0.5) is 10.8 Å². The zero-order chi connectivity index (χ0) is 11.0. The largest absolute Gasteiger partial charge is 0.493 e. The molecule has 6 heteroatoms. The predicted molar refractivity (Wildman–Crippen MR) is 61.4 cm³/mol. The fourth-order valence-electron chi connectivity index (χ4n) is 1.75. The van der Waals surface area contributed by atoms with Gasteiger partial charge in [-0.2, -0.15) is 0 Å². The molecule has 2 aromatic rings. The van der Waals surface area contributed by atoms with Gasteiger partial charge in [-0.3, -0.25) is 0 Å². The number of aromatic nitrogens is 3. The van der Waals surface area contributed by atoms with Crippen molar-refractivity contribution in [2.24, 2.45) is 0 Å². The van der Waals surface area contributed by atoms with Crippen molar-refractivity contribution in [3.05, 3.63) is 23.8 Å². The lowest BCUT2D eigenvalue weighted by atomic mass is 10.1. The Morgan fingerprint density at radius 2 is 2.38 bits per heavy atom. The summed E-state index contributed by atoms with van der Waals surface area (Å²) in [6.45, 7) is 0.781. The van der Waals surface area contributed by atoms with Gasteiger partial charge in [-0.25, -0.2) is 0 Å². The molecule has 0 fully saturated rings. The molecule has 0 amide bonds. The maximum Gasteiger partial charge on any atom is 0.232 e. The Morgan fingerprint density at radius 3 is 3.19 bits per heavy atom. The lowest BCUT2D eigenvalue weighted by Crippen LogP contribution is -2.09. The van der Waals surface area contributed by atoms with Crippen LogP contribution in [0.1, 0.15) is 5.56 Å². The molecule has 0 spiro atoms. The summed E-state index contributed by atoms with van der Waals surface area (Å²) in [5, 5.41) is 8.32. The molecule has 0 saturated carbocycles. The molecular formula is C10H10N4OS. The van der Waals surface area contributed by atoms with Crippen LogP contribution >= 0.6 is 11.5 Å². The molecule has 1 aromatic carbocycles. The second-order valence-electron chi connectivity index (χ2n) is 3.59.